The Morgan fingerprint density at radius 1 is 0.292 bits per heavy atom. The van der Waals surface area contributed by atoms with Crippen molar-refractivity contribution >= 4 is 32.3 Å². The summed E-state index contributed by atoms with van der Waals surface area (Å²) in [6.07, 6.45) is 0. The zero-order chi connectivity index (χ0) is 32.4. The molecular weight excluding hydrogens is 577 g/mol. The van der Waals surface area contributed by atoms with Crippen molar-refractivity contribution in [2.45, 2.75) is 38.5 Å². The molecule has 0 aliphatic heterocycles. The lowest BCUT2D eigenvalue weighted by atomic mass is 9.80. The second-order valence-electron chi connectivity index (χ2n) is 14.8. The molecule has 2 aliphatic rings. The summed E-state index contributed by atoms with van der Waals surface area (Å²) < 4.78 is 0. The number of rotatable bonds is 2. The van der Waals surface area contributed by atoms with Crippen molar-refractivity contribution in [1.82, 2.24) is 0 Å². The Hall–Kier alpha value is -5.46. The molecule has 0 spiro atoms. The van der Waals surface area contributed by atoms with Crippen LogP contribution in [0.1, 0.15) is 49.9 Å². The van der Waals surface area contributed by atoms with Gasteiger partial charge in [-0.2, -0.15) is 0 Å². The lowest BCUT2D eigenvalue weighted by molar-refractivity contribution is 0.660. The third kappa shape index (κ3) is 3.50. The molecular formula is C48H36. The number of benzene rings is 8. The van der Waals surface area contributed by atoms with Crippen molar-refractivity contribution in [3.8, 4) is 44.5 Å². The van der Waals surface area contributed by atoms with Crippen molar-refractivity contribution in [2.24, 2.45) is 0 Å². The van der Waals surface area contributed by atoms with Gasteiger partial charge in [0.15, 0.2) is 0 Å². The molecule has 0 amide bonds. The van der Waals surface area contributed by atoms with Crippen LogP contribution in [-0.4, -0.2) is 0 Å². The molecule has 0 bridgehead atoms. The summed E-state index contributed by atoms with van der Waals surface area (Å²) in [5.41, 5.74) is 16.3. The van der Waals surface area contributed by atoms with Crippen LogP contribution in [0.5, 0.6) is 0 Å². The molecule has 0 atom stereocenters. The Balaban J connectivity index is 1.27. The smallest absolute Gasteiger partial charge is 0.0159 e. The van der Waals surface area contributed by atoms with Gasteiger partial charge in [0, 0.05) is 10.8 Å². The van der Waals surface area contributed by atoms with E-state index in [1.54, 1.807) is 0 Å². The van der Waals surface area contributed by atoms with E-state index >= 15 is 0 Å². The summed E-state index contributed by atoms with van der Waals surface area (Å²) in [4.78, 5) is 0. The van der Waals surface area contributed by atoms with E-state index in [2.05, 4.69) is 173 Å². The van der Waals surface area contributed by atoms with E-state index in [1.807, 2.05) is 0 Å². The molecule has 8 aromatic carbocycles. The zero-order valence-corrected chi connectivity index (χ0v) is 27.9. The van der Waals surface area contributed by atoms with E-state index in [0.717, 1.165) is 0 Å². The molecule has 0 aromatic heterocycles. The fourth-order valence-corrected chi connectivity index (χ4v) is 9.38. The van der Waals surface area contributed by atoms with Gasteiger partial charge in [-0.1, -0.05) is 167 Å². The maximum atomic E-state index is 2.46. The molecule has 0 saturated heterocycles. The minimum atomic E-state index is -0.0250. The second-order valence-corrected chi connectivity index (χ2v) is 14.8. The predicted octanol–water partition coefficient (Wildman–Crippen LogP) is 13.1. The molecule has 48 heavy (non-hydrogen) atoms. The predicted molar refractivity (Wildman–Crippen MR) is 205 cm³/mol. The SMILES string of the molecule is CC1(C)c2ccccc2-c2cc(-c3c4ccccc4c(-c4cccc5c6c(ccc45)C(C)(C)c4ccccc4-6)c4ccccc34)ccc21. The molecule has 0 radical (unpaired) electrons. The van der Waals surface area contributed by atoms with Crippen LogP contribution in [0.3, 0.4) is 0 Å². The molecule has 8 aromatic rings. The summed E-state index contributed by atoms with van der Waals surface area (Å²) >= 11 is 0. The summed E-state index contributed by atoms with van der Waals surface area (Å²) in [6, 6.07) is 55.0. The van der Waals surface area contributed by atoms with Crippen molar-refractivity contribution in [2.75, 3.05) is 0 Å². The van der Waals surface area contributed by atoms with Crippen LogP contribution in [0.25, 0.3) is 76.8 Å². The van der Waals surface area contributed by atoms with Crippen LogP contribution in [0, 0.1) is 0 Å². The Labute approximate surface area is 282 Å². The Morgan fingerprint density at radius 3 is 1.44 bits per heavy atom. The van der Waals surface area contributed by atoms with Crippen LogP contribution in [-0.2, 0) is 10.8 Å². The molecule has 0 heteroatoms. The maximum Gasteiger partial charge on any atom is 0.0159 e. The molecule has 2 aliphatic carbocycles. The van der Waals surface area contributed by atoms with Crippen molar-refractivity contribution in [3.05, 3.63) is 168 Å². The summed E-state index contributed by atoms with van der Waals surface area (Å²) in [5, 5.41) is 7.81. The van der Waals surface area contributed by atoms with Gasteiger partial charge in [0.05, 0.1) is 0 Å². The zero-order valence-electron chi connectivity index (χ0n) is 27.9. The van der Waals surface area contributed by atoms with Gasteiger partial charge in [0.1, 0.15) is 0 Å². The van der Waals surface area contributed by atoms with Gasteiger partial charge in [0.25, 0.3) is 0 Å². The molecule has 0 nitrogen and oxygen atoms in total. The fourth-order valence-electron chi connectivity index (χ4n) is 9.38. The lowest BCUT2D eigenvalue weighted by Gasteiger charge is -2.23. The molecule has 0 saturated carbocycles. The highest BCUT2D eigenvalue weighted by Gasteiger charge is 2.37. The standard InChI is InChI=1S/C48H36/c1-47(2)40-22-11-9-14-31(40)39-28-29(24-26-42(39)47)44-34-15-5-7-17-36(34)45(37-18-8-6-16-35(37)44)32-20-13-21-33-30(32)25-27-43-46(33)38-19-10-12-23-41(38)48(43,3)4/h5-28H,1-4H3. The van der Waals surface area contributed by atoms with Crippen LogP contribution < -0.4 is 0 Å². The van der Waals surface area contributed by atoms with Gasteiger partial charge in [0.2, 0.25) is 0 Å². The minimum Gasteiger partial charge on any atom is -0.0619 e. The normalized spacial score (nSPS) is 15.0. The number of hydrogen-bond donors (Lipinski definition) is 0. The summed E-state index contributed by atoms with van der Waals surface area (Å²) in [7, 11) is 0. The first-order valence-electron chi connectivity index (χ1n) is 17.2. The van der Waals surface area contributed by atoms with E-state index in [1.165, 1.54) is 99.1 Å². The van der Waals surface area contributed by atoms with Crippen molar-refractivity contribution in [1.29, 1.82) is 0 Å². The molecule has 10 rings (SSSR count). The third-order valence-corrected chi connectivity index (χ3v) is 11.7. The average molecular weight is 613 g/mol. The van der Waals surface area contributed by atoms with Crippen LogP contribution in [0.2, 0.25) is 0 Å². The Kier molecular flexibility index (Phi) is 5.50. The second kappa shape index (κ2) is 9.55. The number of hydrogen-bond acceptors (Lipinski definition) is 0. The van der Waals surface area contributed by atoms with Crippen LogP contribution >= 0.6 is 0 Å². The Bertz CT molecular complexity index is 2610. The van der Waals surface area contributed by atoms with Gasteiger partial charge >= 0.3 is 0 Å². The van der Waals surface area contributed by atoms with Gasteiger partial charge in [-0.3, -0.25) is 0 Å². The van der Waals surface area contributed by atoms with E-state index in [-0.39, 0.29) is 10.8 Å². The first kappa shape index (κ1) is 27.6. The van der Waals surface area contributed by atoms with Crippen molar-refractivity contribution < 1.29 is 0 Å². The highest BCUT2D eigenvalue weighted by Crippen LogP contribution is 2.54. The van der Waals surface area contributed by atoms with Crippen LogP contribution in [0.4, 0.5) is 0 Å². The molecule has 0 heterocycles. The first-order chi connectivity index (χ1) is 23.4. The summed E-state index contributed by atoms with van der Waals surface area (Å²) in [5.74, 6) is 0. The van der Waals surface area contributed by atoms with Crippen molar-refractivity contribution in [3.63, 3.8) is 0 Å². The van der Waals surface area contributed by atoms with Crippen LogP contribution in [0.15, 0.2) is 146 Å². The molecule has 0 unspecified atom stereocenters. The van der Waals surface area contributed by atoms with Gasteiger partial charge in [-0.25, -0.2) is 0 Å². The van der Waals surface area contributed by atoms with E-state index in [9.17, 15) is 0 Å². The van der Waals surface area contributed by atoms with Gasteiger partial charge in [-0.15, -0.1) is 0 Å². The van der Waals surface area contributed by atoms with E-state index in [4.69, 9.17) is 0 Å². The lowest BCUT2D eigenvalue weighted by Crippen LogP contribution is -2.14. The highest BCUT2D eigenvalue weighted by molar-refractivity contribution is 6.24. The minimum absolute atomic E-state index is 0.0112. The molecule has 228 valence electrons. The molecule has 0 N–H and O–H groups in total. The average Bonchev–Trinajstić information content (AvgIpc) is 3.50. The fraction of sp³-hybridized carbons (Fsp3) is 0.125. The topological polar surface area (TPSA) is 0 Å². The van der Waals surface area contributed by atoms with Gasteiger partial charge < -0.3 is 0 Å². The van der Waals surface area contributed by atoms with Gasteiger partial charge in [-0.05, 0) is 105 Å². The maximum absolute atomic E-state index is 2.46. The van der Waals surface area contributed by atoms with E-state index in [0.29, 0.717) is 0 Å². The highest BCUT2D eigenvalue weighted by atomic mass is 14.4. The number of fused-ring (bicyclic) bond motifs is 10. The quantitative estimate of drug-likeness (QED) is 0.170. The monoisotopic (exact) mass is 612 g/mol. The summed E-state index contributed by atoms with van der Waals surface area (Å²) in [6.45, 7) is 9.45. The third-order valence-electron chi connectivity index (χ3n) is 11.7. The largest absolute Gasteiger partial charge is 0.0619 e. The van der Waals surface area contributed by atoms with E-state index < -0.39 is 0 Å². The molecule has 0 fully saturated rings. The first-order valence-corrected chi connectivity index (χ1v) is 17.2. The Morgan fingerprint density at radius 2 is 0.750 bits per heavy atom.